The first kappa shape index (κ1) is 13.4. The molecular formula is C14H19ClN2O. The van der Waals surface area contributed by atoms with Crippen LogP contribution in [0.1, 0.15) is 19.8 Å². The minimum atomic E-state index is 0.0476. The summed E-state index contributed by atoms with van der Waals surface area (Å²) in [6, 6.07) is 7.19. The molecule has 1 atom stereocenters. The highest BCUT2D eigenvalue weighted by Crippen LogP contribution is 2.16. The Bertz CT molecular complexity index is 405. The van der Waals surface area contributed by atoms with Crippen LogP contribution in [0.3, 0.4) is 0 Å². The summed E-state index contributed by atoms with van der Waals surface area (Å²) in [4.78, 5) is 14.1. The van der Waals surface area contributed by atoms with Gasteiger partial charge in [-0.1, -0.05) is 18.5 Å². The number of rotatable bonds is 3. The highest BCUT2D eigenvalue weighted by molar-refractivity contribution is 6.30. The minimum absolute atomic E-state index is 0.0476. The van der Waals surface area contributed by atoms with Gasteiger partial charge in [-0.15, -0.1) is 0 Å². The number of anilines is 1. The second kappa shape index (κ2) is 6.21. The molecule has 0 aromatic heterocycles. The molecule has 0 radical (unpaired) electrons. The zero-order chi connectivity index (χ0) is 13.0. The summed E-state index contributed by atoms with van der Waals surface area (Å²) >= 11 is 5.80. The van der Waals surface area contributed by atoms with E-state index in [4.69, 9.17) is 11.6 Å². The molecule has 1 aromatic rings. The Labute approximate surface area is 113 Å². The average molecular weight is 267 g/mol. The third kappa shape index (κ3) is 4.00. The molecule has 3 nitrogen and oxygen atoms in total. The Kier molecular flexibility index (Phi) is 4.61. The van der Waals surface area contributed by atoms with Gasteiger partial charge in [-0.3, -0.25) is 9.69 Å². The molecule has 1 heterocycles. The maximum absolute atomic E-state index is 11.9. The predicted molar refractivity (Wildman–Crippen MR) is 74.9 cm³/mol. The van der Waals surface area contributed by atoms with Crippen LogP contribution < -0.4 is 5.32 Å². The molecule has 4 heteroatoms. The number of likely N-dealkylation sites (tertiary alicyclic amines) is 1. The molecule has 1 aromatic carbocycles. The zero-order valence-electron chi connectivity index (χ0n) is 10.7. The summed E-state index contributed by atoms with van der Waals surface area (Å²) in [5.41, 5.74) is 0.800. The van der Waals surface area contributed by atoms with Gasteiger partial charge in [-0.25, -0.2) is 0 Å². The second-order valence-electron chi connectivity index (χ2n) is 5.04. The SMILES string of the molecule is CC1CCCN(CC(=O)Nc2ccc(Cl)cc2)C1. The van der Waals surface area contributed by atoms with E-state index in [1.807, 2.05) is 12.1 Å². The predicted octanol–water partition coefficient (Wildman–Crippen LogP) is 3.01. The van der Waals surface area contributed by atoms with E-state index in [1.165, 1.54) is 12.8 Å². The van der Waals surface area contributed by atoms with Crippen LogP contribution in [0.15, 0.2) is 24.3 Å². The third-order valence-corrected chi connectivity index (χ3v) is 3.49. The fourth-order valence-electron chi connectivity index (χ4n) is 2.37. The van der Waals surface area contributed by atoms with Gasteiger partial charge in [0.15, 0.2) is 0 Å². The van der Waals surface area contributed by atoms with E-state index in [9.17, 15) is 4.79 Å². The van der Waals surface area contributed by atoms with Crippen molar-refractivity contribution in [2.24, 2.45) is 5.92 Å². The Morgan fingerprint density at radius 2 is 2.17 bits per heavy atom. The number of amides is 1. The van der Waals surface area contributed by atoms with Crippen molar-refractivity contribution < 1.29 is 4.79 Å². The molecule has 18 heavy (non-hydrogen) atoms. The van der Waals surface area contributed by atoms with E-state index >= 15 is 0 Å². The quantitative estimate of drug-likeness (QED) is 0.912. The summed E-state index contributed by atoms with van der Waals surface area (Å²) in [6.45, 7) is 4.77. The largest absolute Gasteiger partial charge is 0.325 e. The van der Waals surface area contributed by atoms with Crippen LogP contribution in [0.25, 0.3) is 0 Å². The first-order valence-corrected chi connectivity index (χ1v) is 6.79. The lowest BCUT2D eigenvalue weighted by atomic mass is 10.0. The summed E-state index contributed by atoms with van der Waals surface area (Å²) in [5.74, 6) is 0.744. The fraction of sp³-hybridized carbons (Fsp3) is 0.500. The molecular weight excluding hydrogens is 248 g/mol. The van der Waals surface area contributed by atoms with Crippen molar-refractivity contribution in [2.75, 3.05) is 25.0 Å². The number of halogens is 1. The average Bonchev–Trinajstić information content (AvgIpc) is 2.32. The Morgan fingerprint density at radius 3 is 2.83 bits per heavy atom. The Morgan fingerprint density at radius 1 is 1.44 bits per heavy atom. The molecule has 98 valence electrons. The first-order chi connectivity index (χ1) is 8.63. The molecule has 2 rings (SSSR count). The summed E-state index contributed by atoms with van der Waals surface area (Å²) in [6.07, 6.45) is 2.46. The second-order valence-corrected chi connectivity index (χ2v) is 5.47. The van der Waals surface area contributed by atoms with Crippen molar-refractivity contribution in [1.82, 2.24) is 4.90 Å². The summed E-state index contributed by atoms with van der Waals surface area (Å²) in [7, 11) is 0. The lowest BCUT2D eigenvalue weighted by Gasteiger charge is -2.30. The Balaban J connectivity index is 1.83. The van der Waals surface area contributed by atoms with E-state index in [1.54, 1.807) is 12.1 Å². The number of carbonyl (C=O) groups is 1. The number of nitrogens with one attached hydrogen (secondary N) is 1. The van der Waals surface area contributed by atoms with E-state index in [-0.39, 0.29) is 5.91 Å². The topological polar surface area (TPSA) is 32.3 Å². The molecule has 0 bridgehead atoms. The van der Waals surface area contributed by atoms with E-state index < -0.39 is 0 Å². The molecule has 1 fully saturated rings. The summed E-state index contributed by atoms with van der Waals surface area (Å²) < 4.78 is 0. The number of nitrogens with zero attached hydrogens (tertiary/aromatic N) is 1. The number of benzene rings is 1. The van der Waals surface area contributed by atoms with Crippen LogP contribution >= 0.6 is 11.6 Å². The van der Waals surface area contributed by atoms with Gasteiger partial charge in [-0.2, -0.15) is 0 Å². The van der Waals surface area contributed by atoms with Crippen LogP contribution in [0.2, 0.25) is 5.02 Å². The number of hydrogen-bond acceptors (Lipinski definition) is 2. The smallest absolute Gasteiger partial charge is 0.238 e. The maximum atomic E-state index is 11.9. The van der Waals surface area contributed by atoms with Crippen molar-refractivity contribution in [2.45, 2.75) is 19.8 Å². The van der Waals surface area contributed by atoms with Crippen molar-refractivity contribution in [3.8, 4) is 0 Å². The van der Waals surface area contributed by atoms with Gasteiger partial charge in [0.05, 0.1) is 6.54 Å². The molecule has 0 saturated carbocycles. The third-order valence-electron chi connectivity index (χ3n) is 3.24. The van der Waals surface area contributed by atoms with Crippen LogP contribution in [-0.2, 0) is 4.79 Å². The molecule has 1 amide bonds. The van der Waals surface area contributed by atoms with Gasteiger partial charge in [0.1, 0.15) is 0 Å². The fourth-order valence-corrected chi connectivity index (χ4v) is 2.49. The van der Waals surface area contributed by atoms with E-state index in [0.717, 1.165) is 18.8 Å². The van der Waals surface area contributed by atoms with Gasteiger partial charge < -0.3 is 5.32 Å². The number of carbonyl (C=O) groups excluding carboxylic acids is 1. The van der Waals surface area contributed by atoms with Gasteiger partial charge in [0.2, 0.25) is 5.91 Å². The van der Waals surface area contributed by atoms with Gasteiger partial charge in [0.25, 0.3) is 0 Å². The first-order valence-electron chi connectivity index (χ1n) is 6.41. The van der Waals surface area contributed by atoms with Crippen molar-refractivity contribution in [3.63, 3.8) is 0 Å². The molecule has 1 aliphatic heterocycles. The molecule has 1 aliphatic rings. The maximum Gasteiger partial charge on any atom is 0.238 e. The normalized spacial score (nSPS) is 20.7. The van der Waals surface area contributed by atoms with Crippen LogP contribution in [0, 0.1) is 5.92 Å². The van der Waals surface area contributed by atoms with Gasteiger partial charge in [0, 0.05) is 17.3 Å². The number of piperidine rings is 1. The van der Waals surface area contributed by atoms with Gasteiger partial charge in [-0.05, 0) is 49.6 Å². The van der Waals surface area contributed by atoms with Crippen molar-refractivity contribution in [3.05, 3.63) is 29.3 Å². The molecule has 0 spiro atoms. The monoisotopic (exact) mass is 266 g/mol. The highest BCUT2D eigenvalue weighted by Gasteiger charge is 2.18. The van der Waals surface area contributed by atoms with Crippen molar-refractivity contribution in [1.29, 1.82) is 0 Å². The standard InChI is InChI=1S/C14H19ClN2O/c1-11-3-2-8-17(9-11)10-14(18)16-13-6-4-12(15)5-7-13/h4-7,11H,2-3,8-10H2,1H3,(H,16,18). The number of hydrogen-bond donors (Lipinski definition) is 1. The molecule has 1 N–H and O–H groups in total. The molecule has 0 aliphatic carbocycles. The summed E-state index contributed by atoms with van der Waals surface area (Å²) in [5, 5.41) is 3.57. The molecule has 1 unspecified atom stereocenters. The van der Waals surface area contributed by atoms with Crippen LogP contribution in [0.5, 0.6) is 0 Å². The minimum Gasteiger partial charge on any atom is -0.325 e. The van der Waals surface area contributed by atoms with Crippen LogP contribution in [-0.4, -0.2) is 30.4 Å². The lowest BCUT2D eigenvalue weighted by Crippen LogP contribution is -2.39. The van der Waals surface area contributed by atoms with Crippen molar-refractivity contribution >= 4 is 23.2 Å². The lowest BCUT2D eigenvalue weighted by molar-refractivity contribution is -0.117. The Hall–Kier alpha value is -1.06. The van der Waals surface area contributed by atoms with E-state index in [2.05, 4.69) is 17.1 Å². The van der Waals surface area contributed by atoms with E-state index in [0.29, 0.717) is 17.5 Å². The van der Waals surface area contributed by atoms with Crippen LogP contribution in [0.4, 0.5) is 5.69 Å². The zero-order valence-corrected chi connectivity index (χ0v) is 11.4. The van der Waals surface area contributed by atoms with Gasteiger partial charge >= 0.3 is 0 Å². The molecule has 1 saturated heterocycles. The highest BCUT2D eigenvalue weighted by atomic mass is 35.5.